The number of fused-ring (bicyclic) bond motifs is 1. The highest BCUT2D eigenvalue weighted by molar-refractivity contribution is 5.86. The molecule has 1 aliphatic rings. The minimum atomic E-state index is 0.960. The number of rotatable bonds is 7. The van der Waals surface area contributed by atoms with Crippen molar-refractivity contribution in [2.24, 2.45) is 0 Å². The highest BCUT2D eigenvalue weighted by atomic mass is 15.2. The van der Waals surface area contributed by atoms with E-state index in [2.05, 4.69) is 76.8 Å². The van der Waals surface area contributed by atoms with Crippen molar-refractivity contribution in [2.45, 2.75) is 39.2 Å². The van der Waals surface area contributed by atoms with Crippen LogP contribution < -0.4 is 5.32 Å². The third-order valence-corrected chi connectivity index (χ3v) is 6.44. The summed E-state index contributed by atoms with van der Waals surface area (Å²) in [6.07, 6.45) is 5.07. The summed E-state index contributed by atoms with van der Waals surface area (Å²) in [6, 6.07) is 17.7. The fraction of sp³-hybridized carbons (Fsp3) is 0.385. The van der Waals surface area contributed by atoms with Crippen molar-refractivity contribution in [3.05, 3.63) is 77.5 Å². The molecule has 2 aromatic carbocycles. The average molecular weight is 388 g/mol. The summed E-state index contributed by atoms with van der Waals surface area (Å²) in [5.74, 6) is 0. The average Bonchev–Trinajstić information content (AvgIpc) is 3.04. The van der Waals surface area contributed by atoms with Gasteiger partial charge >= 0.3 is 0 Å². The Kier molecular flexibility index (Phi) is 6.05. The SMILES string of the molecule is C=C(NC)c1ccc(Cc2c(C)n(CCN3CCCCC3)c3ccccc23)cc1. The van der Waals surface area contributed by atoms with Crippen molar-refractivity contribution >= 4 is 16.6 Å². The third kappa shape index (κ3) is 4.25. The van der Waals surface area contributed by atoms with Crippen LogP contribution in [-0.2, 0) is 13.0 Å². The lowest BCUT2D eigenvalue weighted by Gasteiger charge is -2.27. The summed E-state index contributed by atoms with van der Waals surface area (Å²) in [6.45, 7) is 11.1. The zero-order valence-electron chi connectivity index (χ0n) is 17.9. The summed E-state index contributed by atoms with van der Waals surface area (Å²) < 4.78 is 2.54. The molecule has 1 saturated heterocycles. The summed E-state index contributed by atoms with van der Waals surface area (Å²) in [7, 11) is 1.92. The second-order valence-electron chi connectivity index (χ2n) is 8.24. The molecule has 0 saturated carbocycles. The Morgan fingerprint density at radius 2 is 1.69 bits per heavy atom. The van der Waals surface area contributed by atoms with Crippen LogP contribution in [0.4, 0.5) is 0 Å². The number of nitrogens with one attached hydrogen (secondary N) is 1. The Bertz CT molecular complexity index is 975. The normalized spacial score (nSPS) is 15.0. The predicted molar refractivity (Wildman–Crippen MR) is 124 cm³/mol. The first-order valence-corrected chi connectivity index (χ1v) is 10.9. The van der Waals surface area contributed by atoms with Gasteiger partial charge in [-0.3, -0.25) is 0 Å². The molecule has 3 nitrogen and oxygen atoms in total. The molecular formula is C26H33N3. The molecule has 2 heterocycles. The van der Waals surface area contributed by atoms with Gasteiger partial charge in [-0.1, -0.05) is 55.5 Å². The Labute approximate surface area is 175 Å². The zero-order chi connectivity index (χ0) is 20.2. The number of para-hydroxylation sites is 1. The van der Waals surface area contributed by atoms with Crippen LogP contribution >= 0.6 is 0 Å². The van der Waals surface area contributed by atoms with Crippen LogP contribution in [0.25, 0.3) is 16.6 Å². The molecule has 1 fully saturated rings. The smallest absolute Gasteiger partial charge is 0.0485 e. The van der Waals surface area contributed by atoms with Crippen molar-refractivity contribution in [2.75, 3.05) is 26.7 Å². The lowest BCUT2D eigenvalue weighted by atomic mass is 10.0. The second kappa shape index (κ2) is 8.87. The Balaban J connectivity index is 1.59. The number of hydrogen-bond donors (Lipinski definition) is 1. The van der Waals surface area contributed by atoms with Crippen LogP contribution in [0.5, 0.6) is 0 Å². The first-order chi connectivity index (χ1) is 14.2. The molecule has 3 heteroatoms. The summed E-state index contributed by atoms with van der Waals surface area (Å²) in [4.78, 5) is 2.63. The molecule has 0 unspecified atom stereocenters. The summed E-state index contributed by atoms with van der Waals surface area (Å²) in [5, 5.41) is 4.52. The van der Waals surface area contributed by atoms with E-state index >= 15 is 0 Å². The van der Waals surface area contributed by atoms with E-state index in [1.807, 2.05) is 7.05 Å². The number of benzene rings is 2. The van der Waals surface area contributed by atoms with Crippen LogP contribution in [-0.4, -0.2) is 36.1 Å². The molecule has 4 rings (SSSR count). The molecule has 0 bridgehead atoms. The van der Waals surface area contributed by atoms with E-state index in [1.54, 1.807) is 0 Å². The van der Waals surface area contributed by atoms with Gasteiger partial charge in [-0.05, 0) is 62.0 Å². The predicted octanol–water partition coefficient (Wildman–Crippen LogP) is 5.22. The lowest BCUT2D eigenvalue weighted by Crippen LogP contribution is -2.32. The van der Waals surface area contributed by atoms with Crippen LogP contribution in [0.1, 0.15) is 41.6 Å². The molecule has 1 aliphatic heterocycles. The number of nitrogens with zero attached hydrogens (tertiary/aromatic N) is 2. The molecular weight excluding hydrogens is 354 g/mol. The number of hydrogen-bond acceptors (Lipinski definition) is 2. The van der Waals surface area contributed by atoms with Gasteiger partial charge in [0, 0.05) is 42.4 Å². The van der Waals surface area contributed by atoms with Gasteiger partial charge < -0.3 is 14.8 Å². The fourth-order valence-electron chi connectivity index (χ4n) is 4.61. The van der Waals surface area contributed by atoms with E-state index in [0.29, 0.717) is 0 Å². The van der Waals surface area contributed by atoms with Crippen LogP contribution in [0, 0.1) is 6.92 Å². The quantitative estimate of drug-likeness (QED) is 0.600. The van der Waals surface area contributed by atoms with Crippen LogP contribution in [0.2, 0.25) is 0 Å². The van der Waals surface area contributed by atoms with Gasteiger partial charge in [-0.25, -0.2) is 0 Å². The Morgan fingerprint density at radius 1 is 0.966 bits per heavy atom. The first-order valence-electron chi connectivity index (χ1n) is 10.9. The molecule has 0 atom stereocenters. The van der Waals surface area contributed by atoms with E-state index < -0.39 is 0 Å². The van der Waals surface area contributed by atoms with E-state index in [1.165, 1.54) is 60.1 Å². The van der Waals surface area contributed by atoms with Crippen molar-refractivity contribution in [3.8, 4) is 0 Å². The Morgan fingerprint density at radius 3 is 2.41 bits per heavy atom. The minimum Gasteiger partial charge on any atom is -0.388 e. The van der Waals surface area contributed by atoms with E-state index in [-0.39, 0.29) is 0 Å². The highest BCUT2D eigenvalue weighted by Gasteiger charge is 2.16. The zero-order valence-corrected chi connectivity index (χ0v) is 17.9. The van der Waals surface area contributed by atoms with Gasteiger partial charge in [-0.15, -0.1) is 0 Å². The van der Waals surface area contributed by atoms with E-state index in [4.69, 9.17) is 0 Å². The van der Waals surface area contributed by atoms with E-state index in [9.17, 15) is 0 Å². The molecule has 3 aromatic rings. The molecule has 1 aromatic heterocycles. The van der Waals surface area contributed by atoms with Crippen LogP contribution in [0.3, 0.4) is 0 Å². The van der Waals surface area contributed by atoms with Gasteiger partial charge in [0.2, 0.25) is 0 Å². The van der Waals surface area contributed by atoms with Crippen molar-refractivity contribution in [1.29, 1.82) is 0 Å². The molecule has 0 radical (unpaired) electrons. The molecule has 0 amide bonds. The topological polar surface area (TPSA) is 20.2 Å². The maximum absolute atomic E-state index is 4.06. The standard InChI is InChI=1S/C26H33N3/c1-20(27-3)23-13-11-22(12-14-23)19-25-21(2)29(26-10-6-5-9-24(25)26)18-17-28-15-7-4-8-16-28/h5-6,9-14,27H,1,4,7-8,15-19H2,2-3H3. The minimum absolute atomic E-state index is 0.960. The first kappa shape index (κ1) is 19.8. The van der Waals surface area contributed by atoms with Gasteiger partial charge in [0.15, 0.2) is 0 Å². The molecule has 0 aliphatic carbocycles. The van der Waals surface area contributed by atoms with Gasteiger partial charge in [0.05, 0.1) is 0 Å². The van der Waals surface area contributed by atoms with Crippen molar-refractivity contribution in [1.82, 2.24) is 14.8 Å². The summed E-state index contributed by atoms with van der Waals surface area (Å²) in [5.41, 5.74) is 7.70. The van der Waals surface area contributed by atoms with E-state index in [0.717, 1.165) is 30.8 Å². The summed E-state index contributed by atoms with van der Waals surface area (Å²) >= 11 is 0. The van der Waals surface area contributed by atoms with Crippen molar-refractivity contribution in [3.63, 3.8) is 0 Å². The molecule has 0 spiro atoms. The monoisotopic (exact) mass is 387 g/mol. The molecule has 1 N–H and O–H groups in total. The van der Waals surface area contributed by atoms with Crippen molar-refractivity contribution < 1.29 is 0 Å². The number of likely N-dealkylation sites (tertiary alicyclic amines) is 1. The highest BCUT2D eigenvalue weighted by Crippen LogP contribution is 2.28. The lowest BCUT2D eigenvalue weighted by molar-refractivity contribution is 0.221. The maximum Gasteiger partial charge on any atom is 0.0485 e. The van der Waals surface area contributed by atoms with Gasteiger partial charge in [0.25, 0.3) is 0 Å². The van der Waals surface area contributed by atoms with Gasteiger partial charge in [-0.2, -0.15) is 0 Å². The maximum atomic E-state index is 4.06. The second-order valence-corrected chi connectivity index (χ2v) is 8.24. The van der Waals surface area contributed by atoms with Crippen LogP contribution in [0.15, 0.2) is 55.1 Å². The largest absolute Gasteiger partial charge is 0.388 e. The molecule has 29 heavy (non-hydrogen) atoms. The molecule has 152 valence electrons. The Hall–Kier alpha value is -2.52. The van der Waals surface area contributed by atoms with Gasteiger partial charge in [0.1, 0.15) is 0 Å². The number of piperidine rings is 1. The third-order valence-electron chi connectivity index (χ3n) is 6.44. The fourth-order valence-corrected chi connectivity index (χ4v) is 4.61. The number of aromatic nitrogens is 1.